The van der Waals surface area contributed by atoms with E-state index in [2.05, 4.69) is 5.32 Å². The van der Waals surface area contributed by atoms with E-state index in [0.717, 1.165) is 13.1 Å². The largest absolute Gasteiger partial charge is 0.451 e. The van der Waals surface area contributed by atoms with Gasteiger partial charge in [-0.2, -0.15) is 0 Å². The molecule has 1 N–H and O–H groups in total. The van der Waals surface area contributed by atoms with Crippen LogP contribution in [0, 0.1) is 5.82 Å². The van der Waals surface area contributed by atoms with E-state index in [1.54, 1.807) is 35.2 Å². The Morgan fingerprint density at radius 3 is 2.82 bits per heavy atom. The monoisotopic (exact) mass is 324 g/mol. The first-order chi connectivity index (χ1) is 10.2. The fourth-order valence-electron chi connectivity index (χ4n) is 2.54. The maximum Gasteiger partial charge on any atom is 0.289 e. The summed E-state index contributed by atoms with van der Waals surface area (Å²) in [6, 6.07) is 9.73. The fourth-order valence-corrected chi connectivity index (χ4v) is 2.54. The molecule has 1 aromatic heterocycles. The van der Waals surface area contributed by atoms with Gasteiger partial charge in [-0.1, -0.05) is 12.1 Å². The highest BCUT2D eigenvalue weighted by Crippen LogP contribution is 2.25. The van der Waals surface area contributed by atoms with Crippen LogP contribution in [-0.2, 0) is 0 Å². The van der Waals surface area contributed by atoms with Crippen molar-refractivity contribution in [2.24, 2.45) is 0 Å². The van der Waals surface area contributed by atoms with E-state index >= 15 is 0 Å². The van der Waals surface area contributed by atoms with Crippen LogP contribution < -0.4 is 5.32 Å². The van der Waals surface area contributed by atoms with Gasteiger partial charge in [0, 0.05) is 25.7 Å². The molecule has 1 fully saturated rings. The van der Waals surface area contributed by atoms with Crippen molar-refractivity contribution in [3.8, 4) is 11.3 Å². The highest BCUT2D eigenvalue weighted by molar-refractivity contribution is 5.92. The summed E-state index contributed by atoms with van der Waals surface area (Å²) in [4.78, 5) is 14.2. The second-order valence-electron chi connectivity index (χ2n) is 5.20. The minimum absolute atomic E-state index is 0. The summed E-state index contributed by atoms with van der Waals surface area (Å²) in [6.45, 7) is 4.18. The summed E-state index contributed by atoms with van der Waals surface area (Å²) in [6.07, 6.45) is 0. The molecule has 2 aromatic rings. The van der Waals surface area contributed by atoms with Gasteiger partial charge in [-0.15, -0.1) is 12.4 Å². The van der Waals surface area contributed by atoms with Crippen LogP contribution in [0.15, 0.2) is 40.8 Å². The van der Waals surface area contributed by atoms with Crippen LogP contribution >= 0.6 is 12.4 Å². The van der Waals surface area contributed by atoms with E-state index in [-0.39, 0.29) is 35.9 Å². The summed E-state index contributed by atoms with van der Waals surface area (Å²) in [5.74, 6) is 0.120. The van der Waals surface area contributed by atoms with Crippen LogP contribution in [0.3, 0.4) is 0 Å². The molecule has 6 heteroatoms. The van der Waals surface area contributed by atoms with Crippen LogP contribution in [0.2, 0.25) is 0 Å². The fraction of sp³-hybridized carbons (Fsp3) is 0.312. The highest BCUT2D eigenvalue weighted by atomic mass is 35.5. The van der Waals surface area contributed by atoms with Gasteiger partial charge in [0.1, 0.15) is 11.6 Å². The van der Waals surface area contributed by atoms with Gasteiger partial charge in [-0.05, 0) is 31.2 Å². The lowest BCUT2D eigenvalue weighted by atomic mass is 10.1. The molecular formula is C16H18ClFN2O2. The number of hydrogen-bond donors (Lipinski definition) is 1. The molecule has 2 heterocycles. The second-order valence-corrected chi connectivity index (χ2v) is 5.20. The zero-order valence-electron chi connectivity index (χ0n) is 12.2. The zero-order valence-corrected chi connectivity index (χ0v) is 13.0. The Kier molecular flexibility index (Phi) is 5.21. The SMILES string of the molecule is CC1CNCCN1C(=O)c1ccc(-c2ccccc2F)o1.Cl. The van der Waals surface area contributed by atoms with Gasteiger partial charge in [0.2, 0.25) is 0 Å². The Hall–Kier alpha value is -1.85. The third-order valence-corrected chi connectivity index (χ3v) is 3.72. The van der Waals surface area contributed by atoms with E-state index in [1.807, 2.05) is 6.92 Å². The molecule has 0 spiro atoms. The molecule has 4 nitrogen and oxygen atoms in total. The lowest BCUT2D eigenvalue weighted by Crippen LogP contribution is -2.52. The standard InChI is InChI=1S/C16H17FN2O2.ClH/c1-11-10-18-8-9-19(11)16(20)15-7-6-14(21-15)12-4-2-3-5-13(12)17;/h2-7,11,18H,8-10H2,1H3;1H. The Morgan fingerprint density at radius 2 is 2.09 bits per heavy atom. The second kappa shape index (κ2) is 6.94. The molecule has 1 amide bonds. The average molecular weight is 325 g/mol. The number of piperazine rings is 1. The van der Waals surface area contributed by atoms with Crippen molar-refractivity contribution in [2.75, 3.05) is 19.6 Å². The number of halogens is 2. The summed E-state index contributed by atoms with van der Waals surface area (Å²) in [5.41, 5.74) is 0.366. The molecule has 1 aliphatic rings. The Balaban J connectivity index is 0.00000176. The molecule has 1 atom stereocenters. The number of amides is 1. The van der Waals surface area contributed by atoms with Gasteiger partial charge in [0.15, 0.2) is 5.76 Å². The predicted octanol–water partition coefficient (Wildman–Crippen LogP) is 2.94. The summed E-state index contributed by atoms with van der Waals surface area (Å²) < 4.78 is 19.3. The van der Waals surface area contributed by atoms with Crippen molar-refractivity contribution in [3.05, 3.63) is 48.0 Å². The van der Waals surface area contributed by atoms with Crippen LogP contribution in [0.5, 0.6) is 0 Å². The topological polar surface area (TPSA) is 45.5 Å². The lowest BCUT2D eigenvalue weighted by Gasteiger charge is -2.33. The third kappa shape index (κ3) is 3.15. The molecule has 0 aliphatic carbocycles. The smallest absolute Gasteiger partial charge is 0.289 e. The highest BCUT2D eigenvalue weighted by Gasteiger charge is 2.26. The first-order valence-electron chi connectivity index (χ1n) is 7.03. The van der Waals surface area contributed by atoms with Gasteiger partial charge in [-0.3, -0.25) is 4.79 Å². The van der Waals surface area contributed by atoms with Crippen molar-refractivity contribution >= 4 is 18.3 Å². The van der Waals surface area contributed by atoms with Gasteiger partial charge in [0.25, 0.3) is 5.91 Å². The molecule has 22 heavy (non-hydrogen) atoms. The van der Waals surface area contributed by atoms with Crippen molar-refractivity contribution in [1.82, 2.24) is 10.2 Å². The summed E-state index contributed by atoms with van der Waals surface area (Å²) in [5, 5.41) is 3.24. The van der Waals surface area contributed by atoms with Crippen molar-refractivity contribution in [1.29, 1.82) is 0 Å². The molecule has 3 rings (SSSR count). The number of nitrogens with zero attached hydrogens (tertiary/aromatic N) is 1. The molecule has 1 aliphatic heterocycles. The number of furan rings is 1. The molecule has 1 saturated heterocycles. The van der Waals surface area contributed by atoms with E-state index in [1.165, 1.54) is 6.07 Å². The quantitative estimate of drug-likeness (QED) is 0.924. The van der Waals surface area contributed by atoms with E-state index < -0.39 is 0 Å². The molecule has 0 saturated carbocycles. The number of carbonyl (C=O) groups excluding carboxylic acids is 1. The van der Waals surface area contributed by atoms with Gasteiger partial charge in [0.05, 0.1) is 5.56 Å². The number of nitrogens with one attached hydrogen (secondary N) is 1. The minimum atomic E-state index is -0.360. The predicted molar refractivity (Wildman–Crippen MR) is 84.7 cm³/mol. The third-order valence-electron chi connectivity index (χ3n) is 3.72. The first-order valence-corrected chi connectivity index (χ1v) is 7.03. The van der Waals surface area contributed by atoms with E-state index in [9.17, 15) is 9.18 Å². The Labute approximate surface area is 134 Å². The Bertz CT molecular complexity index is 659. The van der Waals surface area contributed by atoms with Crippen LogP contribution in [0.25, 0.3) is 11.3 Å². The van der Waals surface area contributed by atoms with Crippen molar-refractivity contribution in [3.63, 3.8) is 0 Å². The van der Waals surface area contributed by atoms with Gasteiger partial charge < -0.3 is 14.6 Å². The summed E-state index contributed by atoms with van der Waals surface area (Å²) in [7, 11) is 0. The van der Waals surface area contributed by atoms with Gasteiger partial charge in [-0.25, -0.2) is 4.39 Å². The normalized spacial score (nSPS) is 17.9. The molecule has 118 valence electrons. The number of hydrogen-bond acceptors (Lipinski definition) is 3. The number of benzene rings is 1. The number of rotatable bonds is 2. The molecule has 0 bridgehead atoms. The van der Waals surface area contributed by atoms with Crippen molar-refractivity contribution < 1.29 is 13.6 Å². The maximum absolute atomic E-state index is 13.7. The molecule has 0 radical (unpaired) electrons. The Morgan fingerprint density at radius 1 is 1.32 bits per heavy atom. The van der Waals surface area contributed by atoms with Gasteiger partial charge >= 0.3 is 0 Å². The number of carbonyl (C=O) groups is 1. The van der Waals surface area contributed by atoms with E-state index in [4.69, 9.17) is 4.42 Å². The maximum atomic E-state index is 13.7. The molecular weight excluding hydrogens is 307 g/mol. The molecule has 1 aromatic carbocycles. The van der Waals surface area contributed by atoms with Crippen LogP contribution in [0.4, 0.5) is 4.39 Å². The van der Waals surface area contributed by atoms with Crippen LogP contribution in [0.1, 0.15) is 17.5 Å². The summed E-state index contributed by atoms with van der Waals surface area (Å²) >= 11 is 0. The molecule has 1 unspecified atom stereocenters. The minimum Gasteiger partial charge on any atom is -0.451 e. The van der Waals surface area contributed by atoms with Crippen molar-refractivity contribution in [2.45, 2.75) is 13.0 Å². The average Bonchev–Trinajstić information content (AvgIpc) is 2.97. The zero-order chi connectivity index (χ0) is 14.8. The van der Waals surface area contributed by atoms with Crippen LogP contribution in [-0.4, -0.2) is 36.5 Å². The van der Waals surface area contributed by atoms with E-state index in [0.29, 0.717) is 17.9 Å². The lowest BCUT2D eigenvalue weighted by molar-refractivity contribution is 0.0624. The first kappa shape index (κ1) is 16.5.